The number of para-hydroxylation sites is 5. The molecule has 266 valence electrons. The van der Waals surface area contributed by atoms with E-state index in [-0.39, 0.29) is 0 Å². The lowest BCUT2D eigenvalue weighted by Crippen LogP contribution is -2.07. The highest BCUT2D eigenvalue weighted by Crippen LogP contribution is 2.46. The van der Waals surface area contributed by atoms with Crippen LogP contribution in [-0.2, 0) is 0 Å². The van der Waals surface area contributed by atoms with Gasteiger partial charge in [0.1, 0.15) is 0 Å². The third-order valence-electron chi connectivity index (χ3n) is 11.3. The van der Waals surface area contributed by atoms with E-state index in [4.69, 9.17) is 15.0 Å². The number of fused-ring (bicyclic) bond motifs is 10. The predicted octanol–water partition coefficient (Wildman–Crippen LogP) is 12.5. The minimum atomic E-state index is 0.555. The number of hydrogen-bond donors (Lipinski definition) is 0. The molecule has 0 amide bonds. The summed E-state index contributed by atoms with van der Waals surface area (Å²) in [6.07, 6.45) is 0. The van der Waals surface area contributed by atoms with Crippen LogP contribution in [0, 0.1) is 0 Å². The van der Waals surface area contributed by atoms with Gasteiger partial charge in [-0.25, -0.2) is 4.98 Å². The normalized spacial score (nSPS) is 11.9. The predicted molar refractivity (Wildman–Crippen MR) is 234 cm³/mol. The third-order valence-corrected chi connectivity index (χ3v) is 11.3. The van der Waals surface area contributed by atoms with Gasteiger partial charge in [0.2, 0.25) is 5.95 Å². The number of rotatable bonds is 5. The highest BCUT2D eigenvalue weighted by molar-refractivity contribution is 6.27. The average molecular weight is 729 g/mol. The molecule has 6 nitrogen and oxygen atoms in total. The molecule has 4 aromatic heterocycles. The maximum atomic E-state index is 5.35. The molecule has 0 radical (unpaired) electrons. The van der Waals surface area contributed by atoms with Gasteiger partial charge in [-0.05, 0) is 42.5 Å². The minimum Gasteiger partial charge on any atom is -0.309 e. The topological polar surface area (TPSA) is 53.5 Å². The van der Waals surface area contributed by atoms with E-state index in [0.29, 0.717) is 17.6 Å². The van der Waals surface area contributed by atoms with E-state index in [1.165, 1.54) is 16.2 Å². The van der Waals surface area contributed by atoms with Crippen LogP contribution in [0.5, 0.6) is 0 Å². The lowest BCUT2D eigenvalue weighted by atomic mass is 10.1. The standard InChI is InChI=1S/C51H32N6/c1-4-18-33(19-5-1)49-52-50(34-20-6-2-7-21-34)54-51(53-49)57-44-31-17-13-27-39(44)46-45(56-42-29-15-10-24-36(42)37-25-11-16-30-43(37)56)32-40-38-26-12-14-28-41(38)55(47(40)48(46)57)35-22-8-3-9-23-35/h1-32H. The second-order valence-corrected chi connectivity index (χ2v) is 14.4. The highest BCUT2D eigenvalue weighted by Gasteiger charge is 2.27. The van der Waals surface area contributed by atoms with Gasteiger partial charge >= 0.3 is 0 Å². The van der Waals surface area contributed by atoms with E-state index in [9.17, 15) is 0 Å². The summed E-state index contributed by atoms with van der Waals surface area (Å²) in [6, 6.07) is 68.4. The van der Waals surface area contributed by atoms with Crippen molar-refractivity contribution in [1.29, 1.82) is 0 Å². The Hall–Kier alpha value is -7.83. The van der Waals surface area contributed by atoms with Crippen molar-refractivity contribution < 1.29 is 0 Å². The van der Waals surface area contributed by atoms with Crippen molar-refractivity contribution in [2.75, 3.05) is 0 Å². The molecule has 12 rings (SSSR count). The maximum Gasteiger partial charge on any atom is 0.238 e. The van der Waals surface area contributed by atoms with Crippen molar-refractivity contribution in [3.05, 3.63) is 194 Å². The van der Waals surface area contributed by atoms with Crippen molar-refractivity contribution in [2.45, 2.75) is 0 Å². The van der Waals surface area contributed by atoms with Crippen LogP contribution in [0.2, 0.25) is 0 Å². The summed E-state index contributed by atoms with van der Waals surface area (Å²) in [7, 11) is 0. The lowest BCUT2D eigenvalue weighted by molar-refractivity contribution is 0.953. The van der Waals surface area contributed by atoms with E-state index in [0.717, 1.165) is 71.8 Å². The first-order valence-corrected chi connectivity index (χ1v) is 19.2. The van der Waals surface area contributed by atoms with Gasteiger partial charge in [-0.2, -0.15) is 9.97 Å². The van der Waals surface area contributed by atoms with Crippen molar-refractivity contribution in [2.24, 2.45) is 0 Å². The molecule has 0 aliphatic rings. The fourth-order valence-electron chi connectivity index (χ4n) is 8.89. The molecule has 12 aromatic rings. The Bertz CT molecular complexity index is 3390. The van der Waals surface area contributed by atoms with Gasteiger partial charge in [0.05, 0.1) is 38.8 Å². The molecule has 0 atom stereocenters. The molecule has 57 heavy (non-hydrogen) atoms. The molecule has 0 saturated carbocycles. The molecule has 0 N–H and O–H groups in total. The zero-order valence-electron chi connectivity index (χ0n) is 30.7. The van der Waals surface area contributed by atoms with E-state index < -0.39 is 0 Å². The third kappa shape index (κ3) is 4.68. The summed E-state index contributed by atoms with van der Waals surface area (Å²) in [6.45, 7) is 0. The fraction of sp³-hybridized carbons (Fsp3) is 0. The zero-order valence-corrected chi connectivity index (χ0v) is 30.7. The number of hydrogen-bond acceptors (Lipinski definition) is 3. The first-order valence-electron chi connectivity index (χ1n) is 19.2. The van der Waals surface area contributed by atoms with Gasteiger partial charge in [-0.3, -0.25) is 4.57 Å². The molecule has 4 heterocycles. The fourth-order valence-corrected chi connectivity index (χ4v) is 8.89. The van der Waals surface area contributed by atoms with E-state index in [1.54, 1.807) is 0 Å². The van der Waals surface area contributed by atoms with Gasteiger partial charge in [0.25, 0.3) is 0 Å². The Labute approximate surface area is 327 Å². The summed E-state index contributed by atoms with van der Waals surface area (Å²) >= 11 is 0. The summed E-state index contributed by atoms with van der Waals surface area (Å²) in [5.41, 5.74) is 10.6. The molecular weight excluding hydrogens is 697 g/mol. The first-order chi connectivity index (χ1) is 28.3. The minimum absolute atomic E-state index is 0.555. The van der Waals surface area contributed by atoms with Crippen LogP contribution in [0.25, 0.3) is 106 Å². The highest BCUT2D eigenvalue weighted by atomic mass is 15.2. The molecule has 0 bridgehead atoms. The SMILES string of the molecule is c1ccc(-c2nc(-c3ccccc3)nc(-n3c4ccccc4c4c(-n5c6ccccc6c6ccccc65)cc5c6ccccc6n(-c6ccccc6)c5c43)n2)cc1. The Morgan fingerprint density at radius 3 is 1.28 bits per heavy atom. The van der Waals surface area contributed by atoms with Crippen LogP contribution >= 0.6 is 0 Å². The molecule has 8 aromatic carbocycles. The summed E-state index contributed by atoms with van der Waals surface area (Å²) in [4.78, 5) is 15.8. The van der Waals surface area contributed by atoms with Crippen LogP contribution in [0.4, 0.5) is 0 Å². The van der Waals surface area contributed by atoms with Gasteiger partial charge < -0.3 is 9.13 Å². The van der Waals surface area contributed by atoms with Crippen molar-refractivity contribution in [3.8, 4) is 40.1 Å². The van der Waals surface area contributed by atoms with Gasteiger partial charge in [-0.1, -0.05) is 152 Å². The molecule has 0 aliphatic carbocycles. The van der Waals surface area contributed by atoms with Crippen molar-refractivity contribution in [3.63, 3.8) is 0 Å². The second-order valence-electron chi connectivity index (χ2n) is 14.4. The van der Waals surface area contributed by atoms with Gasteiger partial charge in [-0.15, -0.1) is 0 Å². The Kier molecular flexibility index (Phi) is 6.83. The summed E-state index contributed by atoms with van der Waals surface area (Å²) in [5.74, 6) is 1.78. The summed E-state index contributed by atoms with van der Waals surface area (Å²) in [5, 5.41) is 6.97. The number of benzene rings is 8. The number of nitrogens with zero attached hydrogens (tertiary/aromatic N) is 6. The molecule has 6 heteroatoms. The zero-order chi connectivity index (χ0) is 37.5. The van der Waals surface area contributed by atoms with Crippen LogP contribution < -0.4 is 0 Å². The van der Waals surface area contributed by atoms with Gasteiger partial charge in [0.15, 0.2) is 11.6 Å². The van der Waals surface area contributed by atoms with E-state index in [2.05, 4.69) is 171 Å². The summed E-state index contributed by atoms with van der Waals surface area (Å²) < 4.78 is 7.15. The quantitative estimate of drug-likeness (QED) is 0.177. The Morgan fingerprint density at radius 2 is 0.737 bits per heavy atom. The molecule has 0 spiro atoms. The maximum absolute atomic E-state index is 5.35. The van der Waals surface area contributed by atoms with Crippen LogP contribution in [-0.4, -0.2) is 28.7 Å². The smallest absolute Gasteiger partial charge is 0.238 e. The first kappa shape index (κ1) is 31.5. The average Bonchev–Trinajstić information content (AvgIpc) is 3.93. The molecular formula is C51H32N6. The van der Waals surface area contributed by atoms with Crippen molar-refractivity contribution >= 4 is 65.4 Å². The van der Waals surface area contributed by atoms with Crippen LogP contribution in [0.1, 0.15) is 0 Å². The van der Waals surface area contributed by atoms with E-state index in [1.807, 2.05) is 36.4 Å². The lowest BCUT2D eigenvalue weighted by Gasteiger charge is -2.15. The molecule has 0 saturated heterocycles. The van der Waals surface area contributed by atoms with Crippen LogP contribution in [0.15, 0.2) is 194 Å². The number of aromatic nitrogens is 6. The van der Waals surface area contributed by atoms with Crippen LogP contribution in [0.3, 0.4) is 0 Å². The second kappa shape index (κ2) is 12.3. The molecule has 0 fully saturated rings. The monoisotopic (exact) mass is 728 g/mol. The Morgan fingerprint density at radius 1 is 0.316 bits per heavy atom. The Balaban J connectivity index is 1.34. The van der Waals surface area contributed by atoms with Gasteiger partial charge in [0, 0.05) is 49.1 Å². The largest absolute Gasteiger partial charge is 0.309 e. The molecule has 0 aliphatic heterocycles. The van der Waals surface area contributed by atoms with E-state index >= 15 is 0 Å². The van der Waals surface area contributed by atoms with Crippen molar-refractivity contribution in [1.82, 2.24) is 28.7 Å². The molecule has 0 unspecified atom stereocenters.